The number of aryl methyl sites for hydroxylation is 1. The van der Waals surface area contributed by atoms with Crippen LogP contribution in [0.1, 0.15) is 24.5 Å². The van der Waals surface area contributed by atoms with Gasteiger partial charge in [0.25, 0.3) is 0 Å². The van der Waals surface area contributed by atoms with Gasteiger partial charge in [-0.25, -0.2) is 0 Å². The van der Waals surface area contributed by atoms with Gasteiger partial charge in [-0.05, 0) is 30.5 Å². The lowest BCUT2D eigenvalue weighted by Crippen LogP contribution is -2.06. The molecule has 0 spiro atoms. The highest BCUT2D eigenvalue weighted by atomic mass is 16.1. The molecule has 1 aromatic carbocycles. The zero-order chi connectivity index (χ0) is 10.8. The molecular weight excluding hydrogens is 190 g/mol. The molecule has 15 heavy (non-hydrogen) atoms. The third kappa shape index (κ3) is 1.83. The lowest BCUT2D eigenvalue weighted by Gasteiger charge is -2.04. The summed E-state index contributed by atoms with van der Waals surface area (Å²) in [5, 5.41) is 6.51. The van der Waals surface area contributed by atoms with Crippen LogP contribution < -0.4 is 11.2 Å². The number of nitrogens with zero attached hydrogens (tertiary/aromatic N) is 1. The normalized spacial score (nSPS) is 16.5. The Morgan fingerprint density at radius 1 is 1.47 bits per heavy atom. The van der Waals surface area contributed by atoms with Crippen molar-refractivity contribution in [2.24, 2.45) is 10.9 Å². The molecule has 4 nitrogen and oxygen atoms in total. The second-order valence-corrected chi connectivity index (χ2v) is 3.63. The van der Waals surface area contributed by atoms with Crippen LogP contribution in [0, 0.1) is 0 Å². The topological polar surface area (TPSA) is 67.5 Å². The van der Waals surface area contributed by atoms with Gasteiger partial charge in [0.15, 0.2) is 0 Å². The minimum absolute atomic E-state index is 0.0549. The van der Waals surface area contributed by atoms with Gasteiger partial charge in [-0.3, -0.25) is 4.79 Å². The van der Waals surface area contributed by atoms with Crippen molar-refractivity contribution in [3.8, 4) is 0 Å². The molecule has 1 aliphatic rings. The quantitative estimate of drug-likeness (QED) is 0.533. The molecule has 0 atom stereocenters. The van der Waals surface area contributed by atoms with Crippen molar-refractivity contribution in [3.63, 3.8) is 0 Å². The zero-order valence-electron chi connectivity index (χ0n) is 8.58. The molecule has 0 saturated carbocycles. The predicted molar refractivity (Wildman–Crippen MR) is 59.8 cm³/mol. The first-order valence-corrected chi connectivity index (χ1v) is 4.88. The van der Waals surface area contributed by atoms with Crippen molar-refractivity contribution in [3.05, 3.63) is 29.3 Å². The van der Waals surface area contributed by atoms with Crippen molar-refractivity contribution in [2.45, 2.75) is 19.8 Å². The molecule has 0 unspecified atom stereocenters. The predicted octanol–water partition coefficient (Wildman–Crippen LogP) is 1.25. The van der Waals surface area contributed by atoms with E-state index in [1.165, 1.54) is 12.5 Å². The Kier molecular flexibility index (Phi) is 2.41. The summed E-state index contributed by atoms with van der Waals surface area (Å²) in [5.41, 5.74) is 4.08. The Morgan fingerprint density at radius 3 is 2.93 bits per heavy atom. The average Bonchev–Trinajstić information content (AvgIpc) is 2.58. The molecule has 78 valence electrons. The monoisotopic (exact) mass is 203 g/mol. The Bertz CT molecular complexity index is 437. The number of hydrazone groups is 1. The molecule has 0 heterocycles. The Morgan fingerprint density at radius 2 is 2.27 bits per heavy atom. The highest BCUT2D eigenvalue weighted by Crippen LogP contribution is 2.25. The van der Waals surface area contributed by atoms with E-state index in [9.17, 15) is 4.79 Å². The Balaban J connectivity index is 2.33. The summed E-state index contributed by atoms with van der Waals surface area (Å²) in [4.78, 5) is 10.9. The van der Waals surface area contributed by atoms with Gasteiger partial charge < -0.3 is 11.2 Å². The number of fused-ring (bicyclic) bond motifs is 1. The van der Waals surface area contributed by atoms with Gasteiger partial charge in [0, 0.05) is 18.2 Å². The summed E-state index contributed by atoms with van der Waals surface area (Å²) in [6.45, 7) is 1.50. The van der Waals surface area contributed by atoms with Crippen LogP contribution in [0.15, 0.2) is 23.3 Å². The first-order chi connectivity index (χ1) is 7.20. The number of nitrogens with two attached hydrogens (primary N) is 1. The van der Waals surface area contributed by atoms with E-state index in [2.05, 4.69) is 10.4 Å². The van der Waals surface area contributed by atoms with E-state index in [0.29, 0.717) is 0 Å². The molecule has 0 fully saturated rings. The van der Waals surface area contributed by atoms with Gasteiger partial charge >= 0.3 is 0 Å². The maximum atomic E-state index is 10.9. The first kappa shape index (κ1) is 9.71. The molecule has 0 bridgehead atoms. The van der Waals surface area contributed by atoms with Crippen LogP contribution in [-0.2, 0) is 11.2 Å². The molecule has 1 aliphatic carbocycles. The van der Waals surface area contributed by atoms with E-state index in [4.69, 9.17) is 5.84 Å². The largest absolute Gasteiger partial charge is 0.326 e. The summed E-state index contributed by atoms with van der Waals surface area (Å²) in [7, 11) is 0. The first-order valence-electron chi connectivity index (χ1n) is 4.88. The van der Waals surface area contributed by atoms with Crippen molar-refractivity contribution in [2.75, 3.05) is 5.32 Å². The molecule has 0 saturated heterocycles. The average molecular weight is 203 g/mol. The minimum Gasteiger partial charge on any atom is -0.326 e. The van der Waals surface area contributed by atoms with Crippen LogP contribution in [0.25, 0.3) is 0 Å². The molecule has 1 aromatic rings. The van der Waals surface area contributed by atoms with E-state index in [0.717, 1.165) is 29.8 Å². The summed E-state index contributed by atoms with van der Waals surface area (Å²) in [5.74, 6) is 5.23. The lowest BCUT2D eigenvalue weighted by atomic mass is 10.1. The summed E-state index contributed by atoms with van der Waals surface area (Å²) in [6.07, 6.45) is 1.83. The molecule has 4 heteroatoms. The maximum absolute atomic E-state index is 10.9. The second-order valence-electron chi connectivity index (χ2n) is 3.63. The van der Waals surface area contributed by atoms with Crippen LogP contribution in [0.4, 0.5) is 5.69 Å². The molecule has 0 aromatic heterocycles. The molecule has 0 radical (unpaired) electrons. The Hall–Kier alpha value is -1.84. The number of hydrogen-bond acceptors (Lipinski definition) is 3. The fourth-order valence-electron chi connectivity index (χ4n) is 1.88. The van der Waals surface area contributed by atoms with Crippen LogP contribution in [0.3, 0.4) is 0 Å². The zero-order valence-corrected chi connectivity index (χ0v) is 8.58. The number of hydrogen-bond donors (Lipinski definition) is 2. The van der Waals surface area contributed by atoms with Gasteiger partial charge in [-0.1, -0.05) is 6.07 Å². The Labute approximate surface area is 88.2 Å². The van der Waals surface area contributed by atoms with E-state index in [1.807, 2.05) is 18.2 Å². The molecular formula is C11H13N3O. The summed E-state index contributed by atoms with van der Waals surface area (Å²) < 4.78 is 0. The highest BCUT2D eigenvalue weighted by molar-refractivity contribution is 6.05. The van der Waals surface area contributed by atoms with E-state index < -0.39 is 0 Å². The maximum Gasteiger partial charge on any atom is 0.221 e. The number of carbonyl (C=O) groups excluding carboxylic acids is 1. The highest BCUT2D eigenvalue weighted by Gasteiger charge is 2.17. The van der Waals surface area contributed by atoms with Crippen molar-refractivity contribution in [1.29, 1.82) is 0 Å². The van der Waals surface area contributed by atoms with Gasteiger partial charge in [0.1, 0.15) is 0 Å². The molecule has 1 amide bonds. The van der Waals surface area contributed by atoms with Gasteiger partial charge in [-0.2, -0.15) is 5.10 Å². The fourth-order valence-corrected chi connectivity index (χ4v) is 1.88. The minimum atomic E-state index is -0.0549. The summed E-state index contributed by atoms with van der Waals surface area (Å²) >= 11 is 0. The number of carbonyl (C=O) groups is 1. The number of rotatable bonds is 1. The third-order valence-corrected chi connectivity index (χ3v) is 2.52. The third-order valence-electron chi connectivity index (χ3n) is 2.52. The van der Waals surface area contributed by atoms with Crippen LogP contribution in [0.2, 0.25) is 0 Å². The van der Waals surface area contributed by atoms with Crippen LogP contribution in [0.5, 0.6) is 0 Å². The lowest BCUT2D eigenvalue weighted by molar-refractivity contribution is -0.114. The number of benzene rings is 1. The van der Waals surface area contributed by atoms with E-state index >= 15 is 0 Å². The summed E-state index contributed by atoms with van der Waals surface area (Å²) in [6, 6.07) is 5.81. The van der Waals surface area contributed by atoms with Crippen LogP contribution in [-0.4, -0.2) is 11.6 Å². The second kappa shape index (κ2) is 3.73. The van der Waals surface area contributed by atoms with Gasteiger partial charge in [0.05, 0.1) is 5.71 Å². The fraction of sp³-hybridized carbons (Fsp3) is 0.273. The number of nitrogens with one attached hydrogen (secondary N) is 1. The molecule has 0 aliphatic heterocycles. The van der Waals surface area contributed by atoms with Crippen molar-refractivity contribution in [1.82, 2.24) is 0 Å². The van der Waals surface area contributed by atoms with Gasteiger partial charge in [0.2, 0.25) is 5.91 Å². The van der Waals surface area contributed by atoms with Crippen molar-refractivity contribution < 1.29 is 4.79 Å². The van der Waals surface area contributed by atoms with Crippen molar-refractivity contribution >= 4 is 17.3 Å². The number of amides is 1. The standard InChI is InChI=1S/C11H13N3O/c1-7(15)13-9-3-4-10-8(6-9)2-5-11(10)14-12/h3-4,6H,2,5,12H2,1H3,(H,13,15). The van der Waals surface area contributed by atoms with Gasteiger partial charge in [-0.15, -0.1) is 0 Å². The van der Waals surface area contributed by atoms with E-state index in [-0.39, 0.29) is 5.91 Å². The molecule has 3 N–H and O–H groups in total. The number of anilines is 1. The van der Waals surface area contributed by atoms with Crippen LogP contribution >= 0.6 is 0 Å². The van der Waals surface area contributed by atoms with E-state index in [1.54, 1.807) is 0 Å². The smallest absolute Gasteiger partial charge is 0.221 e. The SMILES string of the molecule is CC(=O)Nc1ccc2c(c1)CCC2=NN. The molecule has 2 rings (SSSR count).